The van der Waals surface area contributed by atoms with Gasteiger partial charge in [-0.15, -0.1) is 0 Å². The number of para-hydroxylation sites is 3. The van der Waals surface area contributed by atoms with Crippen molar-refractivity contribution in [1.29, 1.82) is 0 Å². The van der Waals surface area contributed by atoms with Crippen molar-refractivity contribution < 1.29 is 9.15 Å². The first-order valence-corrected chi connectivity index (χ1v) is 19.7. The van der Waals surface area contributed by atoms with Crippen molar-refractivity contribution in [3.05, 3.63) is 182 Å². The standard InChI is InChI=1S/C52H42N4O2/c1-52(2,3)36-28-29-53-48(30-36)56-44-26-15-27-46-49(44)50-45(56)32-39(33-47(50)58-46)57-38-21-13-20-37(31-38)54-42-24-11-12-25-43(42)55(4)51-40(34-16-7-5-8-17-34)22-14-23-41(51)35-18-9-6-10-19-35/h5-33,54H,1-4H3. The van der Waals surface area contributed by atoms with Crippen molar-refractivity contribution in [3.63, 3.8) is 0 Å². The Hall–Kier alpha value is -7.31. The minimum absolute atomic E-state index is 0.0199. The minimum Gasteiger partial charge on any atom is -0.457 e. The Bertz CT molecular complexity index is 3010. The van der Waals surface area contributed by atoms with Gasteiger partial charge in [-0.1, -0.05) is 124 Å². The Morgan fingerprint density at radius 2 is 1.28 bits per heavy atom. The van der Waals surface area contributed by atoms with Gasteiger partial charge in [-0.2, -0.15) is 0 Å². The molecule has 0 bridgehead atoms. The maximum absolute atomic E-state index is 6.67. The first-order valence-electron chi connectivity index (χ1n) is 19.7. The summed E-state index contributed by atoms with van der Waals surface area (Å²) in [4.78, 5) is 7.15. The van der Waals surface area contributed by atoms with Gasteiger partial charge in [0.05, 0.1) is 38.9 Å². The van der Waals surface area contributed by atoms with E-state index in [9.17, 15) is 0 Å². The summed E-state index contributed by atoms with van der Waals surface area (Å²) in [5.74, 6) is 2.25. The topological polar surface area (TPSA) is 55.5 Å². The van der Waals surface area contributed by atoms with E-state index in [0.29, 0.717) is 11.5 Å². The largest absolute Gasteiger partial charge is 0.457 e. The number of ether oxygens (including phenoxy) is 1. The third-order valence-corrected chi connectivity index (χ3v) is 11.0. The monoisotopic (exact) mass is 754 g/mol. The highest BCUT2D eigenvalue weighted by Crippen LogP contribution is 2.46. The average Bonchev–Trinajstić information content (AvgIpc) is 3.80. The second kappa shape index (κ2) is 14.0. The molecule has 10 rings (SSSR count). The molecule has 0 fully saturated rings. The average molecular weight is 755 g/mol. The molecule has 6 heteroatoms. The zero-order valence-electron chi connectivity index (χ0n) is 32.9. The summed E-state index contributed by atoms with van der Waals surface area (Å²) in [6, 6.07) is 58.9. The maximum Gasteiger partial charge on any atom is 0.141 e. The molecule has 3 heterocycles. The molecule has 0 aliphatic carbocycles. The Kier molecular flexibility index (Phi) is 8.49. The number of nitrogens with zero attached hydrogens (tertiary/aromatic N) is 3. The van der Waals surface area contributed by atoms with Crippen LogP contribution in [0.3, 0.4) is 0 Å². The molecule has 0 aliphatic heterocycles. The molecule has 7 aromatic carbocycles. The van der Waals surface area contributed by atoms with Crippen LogP contribution in [0.4, 0.5) is 22.7 Å². The predicted octanol–water partition coefficient (Wildman–Crippen LogP) is 14.3. The molecule has 0 aliphatic rings. The first-order chi connectivity index (χ1) is 28.3. The molecule has 58 heavy (non-hydrogen) atoms. The van der Waals surface area contributed by atoms with Crippen LogP contribution in [0.5, 0.6) is 11.5 Å². The number of hydrogen-bond donors (Lipinski definition) is 1. The van der Waals surface area contributed by atoms with Gasteiger partial charge in [0, 0.05) is 48.3 Å². The van der Waals surface area contributed by atoms with Gasteiger partial charge in [0.25, 0.3) is 0 Å². The summed E-state index contributed by atoms with van der Waals surface area (Å²) >= 11 is 0. The summed E-state index contributed by atoms with van der Waals surface area (Å²) in [6.07, 6.45) is 1.90. The van der Waals surface area contributed by atoms with Gasteiger partial charge in [-0.3, -0.25) is 4.57 Å². The number of hydrogen-bond acceptors (Lipinski definition) is 5. The van der Waals surface area contributed by atoms with Gasteiger partial charge in [0.1, 0.15) is 28.5 Å². The Morgan fingerprint density at radius 3 is 2.02 bits per heavy atom. The third kappa shape index (κ3) is 6.20. The number of rotatable bonds is 9. The molecule has 0 radical (unpaired) electrons. The van der Waals surface area contributed by atoms with Crippen LogP contribution in [0.2, 0.25) is 0 Å². The van der Waals surface area contributed by atoms with Crippen LogP contribution in [0.15, 0.2) is 180 Å². The smallest absolute Gasteiger partial charge is 0.141 e. The molecule has 0 spiro atoms. The van der Waals surface area contributed by atoms with E-state index >= 15 is 0 Å². The maximum atomic E-state index is 6.67. The Labute approximate surface area is 337 Å². The van der Waals surface area contributed by atoms with Crippen LogP contribution in [-0.4, -0.2) is 16.6 Å². The van der Waals surface area contributed by atoms with E-state index in [2.05, 4.69) is 176 Å². The molecule has 0 amide bonds. The van der Waals surface area contributed by atoms with Gasteiger partial charge in [-0.05, 0) is 70.6 Å². The molecule has 0 atom stereocenters. The van der Waals surface area contributed by atoms with Crippen molar-refractivity contribution in [1.82, 2.24) is 9.55 Å². The fourth-order valence-electron chi connectivity index (χ4n) is 8.22. The molecule has 0 saturated heterocycles. The van der Waals surface area contributed by atoms with Gasteiger partial charge >= 0.3 is 0 Å². The summed E-state index contributed by atoms with van der Waals surface area (Å²) in [5, 5.41) is 5.89. The number of nitrogens with one attached hydrogen (secondary N) is 1. The third-order valence-electron chi connectivity index (χ3n) is 11.0. The molecule has 1 N–H and O–H groups in total. The second-order valence-corrected chi connectivity index (χ2v) is 15.8. The van der Waals surface area contributed by atoms with E-state index in [0.717, 1.165) is 83.8 Å². The van der Waals surface area contributed by atoms with Gasteiger partial charge < -0.3 is 19.4 Å². The minimum atomic E-state index is -0.0199. The normalized spacial score (nSPS) is 11.8. The fourth-order valence-corrected chi connectivity index (χ4v) is 8.22. The van der Waals surface area contributed by atoms with E-state index < -0.39 is 0 Å². The summed E-state index contributed by atoms with van der Waals surface area (Å²) < 4.78 is 15.3. The second-order valence-electron chi connectivity index (χ2n) is 15.8. The predicted molar refractivity (Wildman–Crippen MR) is 240 cm³/mol. The van der Waals surface area contributed by atoms with Crippen LogP contribution < -0.4 is 15.0 Å². The van der Waals surface area contributed by atoms with Gasteiger partial charge in [0.15, 0.2) is 0 Å². The van der Waals surface area contributed by atoms with Crippen molar-refractivity contribution in [2.45, 2.75) is 26.2 Å². The van der Waals surface area contributed by atoms with Crippen molar-refractivity contribution in [3.8, 4) is 39.6 Å². The van der Waals surface area contributed by atoms with Crippen molar-refractivity contribution in [2.75, 3.05) is 17.3 Å². The summed E-state index contributed by atoms with van der Waals surface area (Å²) in [6.45, 7) is 6.68. The van der Waals surface area contributed by atoms with Crippen LogP contribution in [0.25, 0.3) is 61.0 Å². The van der Waals surface area contributed by atoms with E-state index in [1.54, 1.807) is 0 Å². The number of pyridine rings is 1. The lowest BCUT2D eigenvalue weighted by Crippen LogP contribution is -2.14. The van der Waals surface area contributed by atoms with Crippen molar-refractivity contribution >= 4 is 55.7 Å². The number of furan rings is 1. The van der Waals surface area contributed by atoms with Crippen LogP contribution in [0.1, 0.15) is 26.3 Å². The molecule has 0 saturated carbocycles. The molecule has 3 aromatic heterocycles. The van der Waals surface area contributed by atoms with Gasteiger partial charge in [-0.25, -0.2) is 4.98 Å². The molecular formula is C52H42N4O2. The van der Waals surface area contributed by atoms with Gasteiger partial charge in [0.2, 0.25) is 0 Å². The first kappa shape index (κ1) is 35.1. The van der Waals surface area contributed by atoms with Crippen molar-refractivity contribution in [2.24, 2.45) is 0 Å². The number of aromatic nitrogens is 2. The lowest BCUT2D eigenvalue weighted by molar-refractivity contribution is 0.483. The van der Waals surface area contributed by atoms with E-state index in [1.165, 1.54) is 5.56 Å². The highest BCUT2D eigenvalue weighted by Gasteiger charge is 2.24. The Balaban J connectivity index is 1.01. The lowest BCUT2D eigenvalue weighted by atomic mass is 9.88. The van der Waals surface area contributed by atoms with E-state index in [1.807, 2.05) is 42.6 Å². The fraction of sp³-hybridized carbons (Fsp3) is 0.0962. The summed E-state index contributed by atoms with van der Waals surface area (Å²) in [5.41, 5.74) is 13.5. The lowest BCUT2D eigenvalue weighted by Gasteiger charge is -2.28. The van der Waals surface area contributed by atoms with Crippen LogP contribution >= 0.6 is 0 Å². The zero-order valence-corrected chi connectivity index (χ0v) is 32.9. The highest BCUT2D eigenvalue weighted by atomic mass is 16.5. The molecule has 282 valence electrons. The molecular weight excluding hydrogens is 713 g/mol. The molecule has 6 nitrogen and oxygen atoms in total. The quantitative estimate of drug-likeness (QED) is 0.159. The van der Waals surface area contributed by atoms with E-state index in [-0.39, 0.29) is 5.41 Å². The SMILES string of the molecule is CN(c1ccccc1Nc1cccc(Oc2cc3oc4cccc5c4c3c(c2)n5-c2cc(C(C)(C)C)ccn2)c1)c1c(-c2ccccc2)cccc1-c1ccccc1. The summed E-state index contributed by atoms with van der Waals surface area (Å²) in [7, 11) is 2.15. The van der Waals surface area contributed by atoms with Crippen LogP contribution in [0, 0.1) is 0 Å². The molecule has 10 aromatic rings. The zero-order chi connectivity index (χ0) is 39.4. The highest BCUT2D eigenvalue weighted by molar-refractivity contribution is 6.23. The molecule has 0 unspecified atom stereocenters. The van der Waals surface area contributed by atoms with Crippen LogP contribution in [-0.2, 0) is 5.41 Å². The number of benzene rings is 7. The Morgan fingerprint density at radius 1 is 0.603 bits per heavy atom. The number of anilines is 4. The van der Waals surface area contributed by atoms with E-state index in [4.69, 9.17) is 14.1 Å².